The first-order valence-corrected chi connectivity index (χ1v) is 6.08. The molecule has 0 unspecified atom stereocenters. The lowest BCUT2D eigenvalue weighted by molar-refractivity contribution is -0.115. The molecule has 2 heterocycles. The van der Waals surface area contributed by atoms with Crippen molar-refractivity contribution in [3.8, 4) is 0 Å². The predicted molar refractivity (Wildman–Crippen MR) is 65.9 cm³/mol. The van der Waals surface area contributed by atoms with Crippen LogP contribution in [0.4, 0.5) is 4.39 Å². The van der Waals surface area contributed by atoms with Crippen LogP contribution in [0.5, 0.6) is 0 Å². The van der Waals surface area contributed by atoms with Gasteiger partial charge >= 0.3 is 0 Å². The normalized spacial score (nSPS) is 27.2. The SMILES string of the molecule is O=C1N[C@]2(CCCNC2)N=C1c1ccc(F)cc1. The predicted octanol–water partition coefficient (Wildman–Crippen LogP) is 0.824. The summed E-state index contributed by atoms with van der Waals surface area (Å²) in [5.74, 6) is -0.489. The van der Waals surface area contributed by atoms with Crippen LogP contribution in [0.1, 0.15) is 18.4 Å². The zero-order valence-electron chi connectivity index (χ0n) is 9.87. The first kappa shape index (κ1) is 11.3. The summed E-state index contributed by atoms with van der Waals surface area (Å²) in [6.45, 7) is 1.61. The summed E-state index contributed by atoms with van der Waals surface area (Å²) in [5.41, 5.74) is 0.564. The van der Waals surface area contributed by atoms with E-state index in [1.54, 1.807) is 12.1 Å². The number of carbonyl (C=O) groups excluding carboxylic acids is 1. The van der Waals surface area contributed by atoms with Crippen LogP contribution in [0.25, 0.3) is 0 Å². The number of piperidine rings is 1. The Hall–Kier alpha value is -1.75. The Bertz CT molecular complexity index is 503. The van der Waals surface area contributed by atoms with E-state index in [9.17, 15) is 9.18 Å². The quantitative estimate of drug-likeness (QED) is 0.772. The van der Waals surface area contributed by atoms with E-state index in [0.717, 1.165) is 19.4 Å². The lowest BCUT2D eigenvalue weighted by Gasteiger charge is -2.30. The number of carbonyl (C=O) groups is 1. The summed E-state index contributed by atoms with van der Waals surface area (Å²) < 4.78 is 12.9. The smallest absolute Gasteiger partial charge is 0.272 e. The maximum atomic E-state index is 12.9. The number of halogens is 1. The molecule has 0 aliphatic carbocycles. The number of rotatable bonds is 1. The molecule has 0 bridgehead atoms. The number of aliphatic imine (C=N–C) groups is 1. The summed E-state index contributed by atoms with van der Waals surface area (Å²) in [6.07, 6.45) is 1.83. The fourth-order valence-electron chi connectivity index (χ4n) is 2.46. The fourth-order valence-corrected chi connectivity index (χ4v) is 2.46. The van der Waals surface area contributed by atoms with Gasteiger partial charge in [-0.2, -0.15) is 0 Å². The Balaban J connectivity index is 1.93. The highest BCUT2D eigenvalue weighted by Crippen LogP contribution is 2.24. The molecule has 0 radical (unpaired) electrons. The van der Waals surface area contributed by atoms with Gasteiger partial charge in [-0.1, -0.05) is 0 Å². The van der Waals surface area contributed by atoms with Gasteiger partial charge in [0.25, 0.3) is 5.91 Å². The molecule has 1 fully saturated rings. The molecule has 1 aromatic carbocycles. The number of amides is 1. The van der Waals surface area contributed by atoms with Crippen molar-refractivity contribution in [3.05, 3.63) is 35.6 Å². The van der Waals surface area contributed by atoms with Crippen molar-refractivity contribution in [1.29, 1.82) is 0 Å². The van der Waals surface area contributed by atoms with Gasteiger partial charge in [-0.3, -0.25) is 4.79 Å². The van der Waals surface area contributed by atoms with Gasteiger partial charge in [0, 0.05) is 12.1 Å². The van der Waals surface area contributed by atoms with Gasteiger partial charge in [0.05, 0.1) is 0 Å². The van der Waals surface area contributed by atoms with Crippen molar-refractivity contribution >= 4 is 11.6 Å². The molecule has 18 heavy (non-hydrogen) atoms. The van der Waals surface area contributed by atoms with Crippen molar-refractivity contribution in [2.75, 3.05) is 13.1 Å². The Morgan fingerprint density at radius 3 is 2.72 bits per heavy atom. The van der Waals surface area contributed by atoms with Crippen molar-refractivity contribution in [1.82, 2.24) is 10.6 Å². The zero-order chi connectivity index (χ0) is 12.6. The molecule has 0 aromatic heterocycles. The minimum atomic E-state index is -0.501. The van der Waals surface area contributed by atoms with Crippen LogP contribution in [-0.4, -0.2) is 30.4 Å². The van der Waals surface area contributed by atoms with E-state index in [1.807, 2.05) is 0 Å². The van der Waals surface area contributed by atoms with E-state index in [0.29, 0.717) is 17.8 Å². The Kier molecular flexibility index (Phi) is 2.63. The third-order valence-corrected chi connectivity index (χ3v) is 3.37. The molecule has 5 heteroatoms. The molecule has 3 rings (SSSR count). The van der Waals surface area contributed by atoms with Gasteiger partial charge in [0.1, 0.15) is 17.2 Å². The van der Waals surface area contributed by atoms with Gasteiger partial charge in [0.15, 0.2) is 0 Å². The van der Waals surface area contributed by atoms with Gasteiger partial charge < -0.3 is 10.6 Å². The van der Waals surface area contributed by atoms with Crippen LogP contribution < -0.4 is 10.6 Å². The second kappa shape index (κ2) is 4.17. The van der Waals surface area contributed by atoms with E-state index < -0.39 is 5.66 Å². The zero-order valence-corrected chi connectivity index (χ0v) is 9.87. The van der Waals surface area contributed by atoms with E-state index in [2.05, 4.69) is 15.6 Å². The first-order valence-electron chi connectivity index (χ1n) is 6.08. The summed E-state index contributed by atoms with van der Waals surface area (Å²) in [5, 5.41) is 6.17. The molecule has 4 nitrogen and oxygen atoms in total. The molecule has 2 N–H and O–H groups in total. The Morgan fingerprint density at radius 2 is 2.06 bits per heavy atom. The first-order chi connectivity index (χ1) is 8.69. The number of hydrogen-bond acceptors (Lipinski definition) is 3. The third-order valence-electron chi connectivity index (χ3n) is 3.37. The summed E-state index contributed by atoms with van der Waals surface area (Å²) in [7, 11) is 0. The summed E-state index contributed by atoms with van der Waals surface area (Å²) >= 11 is 0. The maximum Gasteiger partial charge on any atom is 0.272 e. The number of benzene rings is 1. The van der Waals surface area contributed by atoms with Crippen molar-refractivity contribution in [3.63, 3.8) is 0 Å². The Labute approximate surface area is 104 Å². The highest BCUT2D eigenvalue weighted by Gasteiger charge is 2.40. The van der Waals surface area contributed by atoms with Crippen LogP contribution in [-0.2, 0) is 4.79 Å². The average Bonchev–Trinajstić information content (AvgIpc) is 2.68. The highest BCUT2D eigenvalue weighted by atomic mass is 19.1. The second-order valence-electron chi connectivity index (χ2n) is 4.73. The van der Waals surface area contributed by atoms with Gasteiger partial charge in [-0.05, 0) is 43.7 Å². The third kappa shape index (κ3) is 1.90. The molecule has 94 valence electrons. The molecular formula is C13H14FN3O. The fraction of sp³-hybridized carbons (Fsp3) is 0.385. The highest BCUT2D eigenvalue weighted by molar-refractivity contribution is 6.46. The van der Waals surface area contributed by atoms with Crippen molar-refractivity contribution in [2.24, 2.45) is 4.99 Å². The summed E-state index contributed by atoms with van der Waals surface area (Å²) in [4.78, 5) is 16.5. The molecule has 2 aliphatic heterocycles. The monoisotopic (exact) mass is 247 g/mol. The van der Waals surface area contributed by atoms with E-state index in [1.165, 1.54) is 12.1 Å². The van der Waals surface area contributed by atoms with Gasteiger partial charge in [0.2, 0.25) is 0 Å². The van der Waals surface area contributed by atoms with Crippen LogP contribution in [0.2, 0.25) is 0 Å². The second-order valence-corrected chi connectivity index (χ2v) is 4.73. The lowest BCUT2D eigenvalue weighted by Crippen LogP contribution is -2.53. The number of nitrogens with zero attached hydrogens (tertiary/aromatic N) is 1. The minimum absolute atomic E-state index is 0.176. The topological polar surface area (TPSA) is 53.5 Å². The maximum absolute atomic E-state index is 12.9. The van der Waals surface area contributed by atoms with Crippen molar-refractivity contribution < 1.29 is 9.18 Å². The molecule has 1 amide bonds. The van der Waals surface area contributed by atoms with Crippen LogP contribution >= 0.6 is 0 Å². The average molecular weight is 247 g/mol. The number of nitrogens with one attached hydrogen (secondary N) is 2. The number of hydrogen-bond donors (Lipinski definition) is 2. The van der Waals surface area contributed by atoms with Crippen molar-refractivity contribution in [2.45, 2.75) is 18.5 Å². The Morgan fingerprint density at radius 1 is 1.28 bits per heavy atom. The molecular weight excluding hydrogens is 233 g/mol. The molecule has 1 saturated heterocycles. The molecule has 2 aliphatic rings. The lowest BCUT2D eigenvalue weighted by atomic mass is 10.0. The van der Waals surface area contributed by atoms with Crippen LogP contribution in [0, 0.1) is 5.82 Å². The standard InChI is InChI=1S/C13H14FN3O/c14-10-4-2-9(3-5-10)11-12(18)17-13(16-11)6-1-7-15-8-13/h2-5,15H,1,6-8H2,(H,17,18)/t13-/m0/s1. The molecule has 0 saturated carbocycles. The van der Waals surface area contributed by atoms with Crippen LogP contribution in [0.3, 0.4) is 0 Å². The molecule has 1 atom stereocenters. The molecule has 1 spiro atoms. The van der Waals surface area contributed by atoms with E-state index in [-0.39, 0.29) is 11.7 Å². The molecule has 1 aromatic rings. The van der Waals surface area contributed by atoms with Gasteiger partial charge in [-0.15, -0.1) is 0 Å². The van der Waals surface area contributed by atoms with E-state index in [4.69, 9.17) is 0 Å². The summed E-state index contributed by atoms with van der Waals surface area (Å²) in [6, 6.07) is 5.86. The van der Waals surface area contributed by atoms with E-state index >= 15 is 0 Å². The largest absolute Gasteiger partial charge is 0.325 e. The minimum Gasteiger partial charge on any atom is -0.325 e. The van der Waals surface area contributed by atoms with Crippen LogP contribution in [0.15, 0.2) is 29.3 Å². The van der Waals surface area contributed by atoms with Gasteiger partial charge in [-0.25, -0.2) is 9.38 Å².